The molecule has 4 heteroatoms. The van der Waals surface area contributed by atoms with Gasteiger partial charge in [-0.15, -0.1) is 0 Å². The van der Waals surface area contributed by atoms with Gasteiger partial charge in [-0.05, 0) is 0 Å². The molecule has 0 amide bonds. The van der Waals surface area contributed by atoms with Crippen LogP contribution in [0.4, 0.5) is 0 Å². The molecule has 0 aromatic rings. The van der Waals surface area contributed by atoms with E-state index < -0.39 is 19.8 Å². The summed E-state index contributed by atoms with van der Waals surface area (Å²) in [4.78, 5) is 0. The van der Waals surface area contributed by atoms with E-state index in [9.17, 15) is 0 Å². The van der Waals surface area contributed by atoms with Crippen molar-refractivity contribution in [1.29, 1.82) is 0 Å². The molecule has 0 saturated heterocycles. The molecule has 0 atom stereocenters. The van der Waals surface area contributed by atoms with Gasteiger partial charge >= 0.3 is 127 Å². The number of hydrogen-bond acceptors (Lipinski definition) is 0. The third kappa shape index (κ3) is 18.4. The minimum atomic E-state index is -0.839. The first-order valence-electron chi connectivity index (χ1n) is 6.42. The Hall–Kier alpha value is 2.04. The Morgan fingerprint density at radius 1 is 0.750 bits per heavy atom. The molecule has 16 heavy (non-hydrogen) atoms. The van der Waals surface area contributed by atoms with Gasteiger partial charge in [0.15, 0.2) is 0 Å². The van der Waals surface area contributed by atoms with Crippen LogP contribution in [0.1, 0.15) is 59.3 Å². The van der Waals surface area contributed by atoms with Crippen molar-refractivity contribution in [2.75, 3.05) is 0 Å². The van der Waals surface area contributed by atoms with E-state index in [-0.39, 0.29) is 15.9 Å². The third-order valence-corrected chi connectivity index (χ3v) is 11.7. The van der Waals surface area contributed by atoms with E-state index in [1.54, 1.807) is 13.3 Å². The molecule has 0 unspecified atom stereocenters. The molecule has 0 fully saturated rings. The maximum atomic E-state index is 4.81. The first-order valence-corrected chi connectivity index (χ1v) is 16.5. The first-order chi connectivity index (χ1) is 7.76. The van der Waals surface area contributed by atoms with Crippen LogP contribution < -0.4 is 0 Å². The third-order valence-electron chi connectivity index (χ3n) is 2.65. The fraction of sp³-hybridized carbons (Fsp3) is 1.00. The summed E-state index contributed by atoms with van der Waals surface area (Å²) >= 11 is -0.945. The Labute approximate surface area is 126 Å². The molecule has 0 aliphatic rings. The van der Waals surface area contributed by atoms with Crippen LogP contribution in [-0.2, 0) is 15.9 Å². The van der Waals surface area contributed by atoms with Crippen LogP contribution >= 0.6 is 19.1 Å². The van der Waals surface area contributed by atoms with Crippen molar-refractivity contribution in [3.8, 4) is 0 Å². The van der Waals surface area contributed by atoms with Crippen molar-refractivity contribution >= 4 is 38.8 Å². The zero-order valence-corrected chi connectivity index (χ0v) is 16.9. The standard InChI is InChI=1S/3C4H9.2ClH.Pd.Sn/c3*1-3-4-2;;;;/h3*1,3-4H2,2H3;2*1H;;/q;;;;;+2;/p-2. The number of unbranched alkanes of at least 4 members (excludes halogenated alkanes) is 3. The van der Waals surface area contributed by atoms with E-state index in [2.05, 4.69) is 20.8 Å². The number of halogens is 2. The topological polar surface area (TPSA) is 0 Å². The molecule has 103 valence electrons. The number of rotatable bonds is 9. The van der Waals surface area contributed by atoms with Gasteiger partial charge in [-0.2, -0.15) is 0 Å². The summed E-state index contributed by atoms with van der Waals surface area (Å²) in [7, 11) is 9.63. The SMILES string of the molecule is CCC[CH2][Sn]([CH2]CCC)[CH2]CCC.[Cl][Pd][Cl]. The Kier molecular flexibility index (Phi) is 24.7. The molecular weight excluding hydrogens is 440 g/mol. The molecule has 0 aliphatic heterocycles. The summed E-state index contributed by atoms with van der Waals surface area (Å²) in [5, 5.41) is 0. The van der Waals surface area contributed by atoms with Gasteiger partial charge in [-0.1, -0.05) is 0 Å². The van der Waals surface area contributed by atoms with Gasteiger partial charge in [0.25, 0.3) is 0 Å². The van der Waals surface area contributed by atoms with E-state index in [0.717, 1.165) is 0 Å². The van der Waals surface area contributed by atoms with E-state index in [1.165, 1.54) is 38.5 Å². The normalized spacial score (nSPS) is 10.4. The van der Waals surface area contributed by atoms with Gasteiger partial charge in [0.05, 0.1) is 0 Å². The second-order valence-corrected chi connectivity index (χ2v) is 15.0. The molecule has 1 radical (unpaired) electrons. The van der Waals surface area contributed by atoms with E-state index >= 15 is 0 Å². The Morgan fingerprint density at radius 2 is 1.00 bits per heavy atom. The summed E-state index contributed by atoms with van der Waals surface area (Å²) in [5.41, 5.74) is 0. The second kappa shape index (κ2) is 19.4. The van der Waals surface area contributed by atoms with E-state index in [4.69, 9.17) is 19.1 Å². The molecule has 0 rings (SSSR count). The summed E-state index contributed by atoms with van der Waals surface area (Å²) in [6.07, 6.45) is 8.85. The molecule has 0 aliphatic carbocycles. The average molecular weight is 467 g/mol. The van der Waals surface area contributed by atoms with Crippen LogP contribution in [0.5, 0.6) is 0 Å². The van der Waals surface area contributed by atoms with Crippen LogP contribution in [-0.4, -0.2) is 19.8 Å². The number of hydrogen-bond donors (Lipinski definition) is 0. The van der Waals surface area contributed by atoms with Crippen LogP contribution in [0.25, 0.3) is 0 Å². The van der Waals surface area contributed by atoms with Gasteiger partial charge < -0.3 is 0 Å². The quantitative estimate of drug-likeness (QED) is 0.352. The molecule has 0 bridgehead atoms. The van der Waals surface area contributed by atoms with Gasteiger partial charge in [0.1, 0.15) is 0 Å². The van der Waals surface area contributed by atoms with E-state index in [0.29, 0.717) is 0 Å². The maximum absolute atomic E-state index is 4.81. The Morgan fingerprint density at radius 3 is 1.19 bits per heavy atom. The monoisotopic (exact) mass is 467 g/mol. The molecular formula is C12H27Cl2PdSn. The molecule has 0 saturated carbocycles. The van der Waals surface area contributed by atoms with Crippen molar-refractivity contribution in [2.24, 2.45) is 0 Å². The van der Waals surface area contributed by atoms with Crippen LogP contribution in [0.3, 0.4) is 0 Å². The molecule has 0 nitrogen and oxygen atoms in total. The van der Waals surface area contributed by atoms with Crippen LogP contribution in [0.15, 0.2) is 0 Å². The van der Waals surface area contributed by atoms with Crippen molar-refractivity contribution in [3.63, 3.8) is 0 Å². The molecule has 0 aromatic carbocycles. The first kappa shape index (κ1) is 20.4. The molecule has 0 aromatic heterocycles. The zero-order valence-electron chi connectivity index (χ0n) is 10.9. The second-order valence-electron chi connectivity index (χ2n) is 4.11. The van der Waals surface area contributed by atoms with E-state index in [1.807, 2.05) is 0 Å². The zero-order chi connectivity index (χ0) is 12.6. The molecule has 0 spiro atoms. The molecule has 0 heterocycles. The average Bonchev–Trinajstić information content (AvgIpc) is 2.29. The van der Waals surface area contributed by atoms with Crippen molar-refractivity contribution in [3.05, 3.63) is 0 Å². The predicted octanol–water partition coefficient (Wildman–Crippen LogP) is 6.26. The van der Waals surface area contributed by atoms with Gasteiger partial charge in [0, 0.05) is 0 Å². The predicted molar refractivity (Wildman–Crippen MR) is 76.6 cm³/mol. The van der Waals surface area contributed by atoms with Crippen molar-refractivity contribution in [2.45, 2.75) is 72.6 Å². The van der Waals surface area contributed by atoms with Gasteiger partial charge in [0.2, 0.25) is 0 Å². The van der Waals surface area contributed by atoms with Gasteiger partial charge in [-0.25, -0.2) is 0 Å². The fourth-order valence-electron chi connectivity index (χ4n) is 1.66. The van der Waals surface area contributed by atoms with Crippen LogP contribution in [0.2, 0.25) is 13.3 Å². The molecule has 0 N–H and O–H groups in total. The summed E-state index contributed by atoms with van der Waals surface area (Å²) < 4.78 is 5.04. The summed E-state index contributed by atoms with van der Waals surface area (Å²) in [6, 6.07) is 0. The van der Waals surface area contributed by atoms with Crippen molar-refractivity contribution in [1.82, 2.24) is 0 Å². The van der Waals surface area contributed by atoms with Crippen molar-refractivity contribution < 1.29 is 15.9 Å². The Bertz CT molecular complexity index is 96.2. The summed E-state index contributed by atoms with van der Waals surface area (Å²) in [5.74, 6) is 0. The Balaban J connectivity index is 0. The minimum absolute atomic E-state index is 0.106. The fourth-order valence-corrected chi connectivity index (χ4v) is 11.1. The summed E-state index contributed by atoms with van der Waals surface area (Å²) in [6.45, 7) is 7.00. The van der Waals surface area contributed by atoms with Crippen LogP contribution in [0, 0.1) is 0 Å². The van der Waals surface area contributed by atoms with Gasteiger partial charge in [-0.3, -0.25) is 0 Å².